The van der Waals surface area contributed by atoms with Crippen molar-refractivity contribution in [2.24, 2.45) is 5.92 Å². The lowest BCUT2D eigenvalue weighted by Gasteiger charge is -2.34. The van der Waals surface area contributed by atoms with E-state index in [1.54, 1.807) is 37.5 Å². The number of anilines is 2. The summed E-state index contributed by atoms with van der Waals surface area (Å²) in [7, 11) is 1.57. The Labute approximate surface area is 222 Å². The van der Waals surface area contributed by atoms with Gasteiger partial charge in [0.25, 0.3) is 5.91 Å². The Kier molecular flexibility index (Phi) is 10.4. The van der Waals surface area contributed by atoms with Crippen LogP contribution in [0, 0.1) is 23.0 Å². The number of carbonyl (C=O) groups excluding carboxylic acids is 1. The van der Waals surface area contributed by atoms with E-state index in [0.717, 1.165) is 43.0 Å². The van der Waals surface area contributed by atoms with E-state index in [1.165, 1.54) is 23.5 Å². The number of carbonyl (C=O) groups is 2. The van der Waals surface area contributed by atoms with Crippen molar-refractivity contribution in [3.8, 4) is 0 Å². The van der Waals surface area contributed by atoms with E-state index in [4.69, 9.17) is 10.5 Å². The first-order valence-corrected chi connectivity index (χ1v) is 13.0. The van der Waals surface area contributed by atoms with Crippen LogP contribution in [0.3, 0.4) is 0 Å². The Hall–Kier alpha value is -3.75. The molecule has 38 heavy (non-hydrogen) atoms. The van der Waals surface area contributed by atoms with Gasteiger partial charge in [0.1, 0.15) is 11.6 Å². The van der Waals surface area contributed by atoms with Crippen molar-refractivity contribution in [1.29, 1.82) is 5.41 Å². The summed E-state index contributed by atoms with van der Waals surface area (Å²) in [6.45, 7) is 2.02. The van der Waals surface area contributed by atoms with Gasteiger partial charge in [0.2, 0.25) is 0 Å². The Balaban J connectivity index is 1.85. The zero-order valence-electron chi connectivity index (χ0n) is 21.9. The third-order valence-electron chi connectivity index (χ3n) is 6.88. The van der Waals surface area contributed by atoms with Gasteiger partial charge in [-0.05, 0) is 61.6 Å². The number of benzene rings is 2. The van der Waals surface area contributed by atoms with E-state index in [9.17, 15) is 18.4 Å². The summed E-state index contributed by atoms with van der Waals surface area (Å²) in [6.07, 6.45) is 7.37. The van der Waals surface area contributed by atoms with Crippen LogP contribution in [0.5, 0.6) is 0 Å². The molecule has 1 fully saturated rings. The van der Waals surface area contributed by atoms with Gasteiger partial charge in [-0.1, -0.05) is 26.2 Å². The Morgan fingerprint density at radius 2 is 1.71 bits per heavy atom. The lowest BCUT2D eigenvalue weighted by molar-refractivity contribution is -0.137. The molecule has 204 valence electrons. The topological polar surface area (TPSA) is 106 Å². The van der Waals surface area contributed by atoms with Crippen molar-refractivity contribution in [3.63, 3.8) is 0 Å². The maximum absolute atomic E-state index is 13.7. The van der Waals surface area contributed by atoms with Crippen molar-refractivity contribution in [3.05, 3.63) is 71.4 Å². The molecule has 0 aliphatic heterocycles. The second-order valence-corrected chi connectivity index (χ2v) is 9.70. The highest BCUT2D eigenvalue weighted by Gasteiger charge is 2.28. The van der Waals surface area contributed by atoms with Crippen molar-refractivity contribution < 1.29 is 23.5 Å². The molecule has 0 radical (unpaired) electrons. The molecule has 7 nitrogen and oxygen atoms in total. The molecule has 1 saturated carbocycles. The van der Waals surface area contributed by atoms with Crippen LogP contribution in [0.15, 0.2) is 54.2 Å². The van der Waals surface area contributed by atoms with Crippen LogP contribution in [-0.4, -0.2) is 47.2 Å². The molecule has 1 amide bonds. The average Bonchev–Trinajstić information content (AvgIpc) is 2.90. The van der Waals surface area contributed by atoms with Crippen molar-refractivity contribution >= 4 is 29.0 Å². The van der Waals surface area contributed by atoms with Gasteiger partial charge in [-0.25, -0.2) is 8.78 Å². The van der Waals surface area contributed by atoms with E-state index in [1.807, 2.05) is 6.92 Å². The van der Waals surface area contributed by atoms with E-state index in [0.29, 0.717) is 17.7 Å². The highest BCUT2D eigenvalue weighted by atomic mass is 19.1. The zero-order chi connectivity index (χ0) is 27.7. The SMILES string of the molecule is CCC(=N)/C(=C\Nc1cc(F)cc(F)c1)C(Nc1ccc(C(=O)N(C)CCC(=O)O)cc1)C1CCCCC1. The number of amides is 1. The van der Waals surface area contributed by atoms with Crippen LogP contribution >= 0.6 is 0 Å². The van der Waals surface area contributed by atoms with Crippen LogP contribution in [0.2, 0.25) is 0 Å². The Morgan fingerprint density at radius 1 is 1.08 bits per heavy atom. The number of carboxylic acid groups (broad SMARTS) is 1. The minimum absolute atomic E-state index is 0.118. The highest BCUT2D eigenvalue weighted by molar-refractivity contribution is 5.99. The molecule has 1 unspecified atom stereocenters. The Morgan fingerprint density at radius 3 is 2.29 bits per heavy atom. The number of hydrogen-bond acceptors (Lipinski definition) is 5. The lowest BCUT2D eigenvalue weighted by atomic mass is 9.79. The number of hydrogen-bond donors (Lipinski definition) is 4. The fraction of sp³-hybridized carbons (Fsp3) is 0.414. The molecule has 1 atom stereocenters. The third-order valence-corrected chi connectivity index (χ3v) is 6.88. The average molecular weight is 527 g/mol. The molecule has 2 aromatic rings. The predicted molar refractivity (Wildman–Crippen MR) is 146 cm³/mol. The fourth-order valence-electron chi connectivity index (χ4n) is 4.76. The standard InChI is InChI=1S/C29H36F2N4O3/c1-3-26(32)25(18-33-24-16-21(30)15-22(31)17-24)28(19-7-5-4-6-8-19)34-23-11-9-20(10-12-23)29(38)35(2)14-13-27(36)37/h9-12,15-19,28,32-34H,3-8,13-14H2,1-2H3,(H,36,37)/b25-18+,32-26?. The van der Waals surface area contributed by atoms with Gasteiger partial charge < -0.3 is 26.0 Å². The summed E-state index contributed by atoms with van der Waals surface area (Å²) in [4.78, 5) is 24.9. The second-order valence-electron chi connectivity index (χ2n) is 9.70. The summed E-state index contributed by atoms with van der Waals surface area (Å²) in [5.41, 5.74) is 2.63. The molecule has 0 aromatic heterocycles. The number of nitrogens with one attached hydrogen (secondary N) is 3. The van der Waals surface area contributed by atoms with Crippen LogP contribution in [0.4, 0.5) is 20.2 Å². The summed E-state index contributed by atoms with van der Waals surface area (Å²) in [6, 6.07) is 10.0. The van der Waals surface area contributed by atoms with E-state index < -0.39 is 17.6 Å². The number of nitrogens with zero attached hydrogens (tertiary/aromatic N) is 1. The molecule has 0 heterocycles. The number of halogens is 2. The molecule has 1 aliphatic carbocycles. The zero-order valence-corrected chi connectivity index (χ0v) is 21.9. The summed E-state index contributed by atoms with van der Waals surface area (Å²) in [5, 5.41) is 24.1. The van der Waals surface area contributed by atoms with Gasteiger partial charge in [-0.2, -0.15) is 0 Å². The van der Waals surface area contributed by atoms with E-state index >= 15 is 0 Å². The number of carboxylic acids is 1. The lowest BCUT2D eigenvalue weighted by Crippen LogP contribution is -2.35. The molecule has 9 heteroatoms. The summed E-state index contributed by atoms with van der Waals surface area (Å²) < 4.78 is 27.4. The molecule has 0 spiro atoms. The van der Waals surface area contributed by atoms with Gasteiger partial charge in [0, 0.05) is 54.1 Å². The summed E-state index contributed by atoms with van der Waals surface area (Å²) in [5.74, 6) is -2.33. The first-order chi connectivity index (χ1) is 18.2. The Bertz CT molecular complexity index is 1140. The maximum Gasteiger partial charge on any atom is 0.305 e. The molecule has 3 rings (SSSR count). The van der Waals surface area contributed by atoms with Crippen LogP contribution in [0.1, 0.15) is 62.2 Å². The number of aliphatic carboxylic acids is 1. The van der Waals surface area contributed by atoms with Crippen molar-refractivity contribution in [2.75, 3.05) is 24.2 Å². The van der Waals surface area contributed by atoms with Gasteiger partial charge in [-0.3, -0.25) is 9.59 Å². The van der Waals surface area contributed by atoms with Crippen LogP contribution in [0.25, 0.3) is 0 Å². The quantitative estimate of drug-likeness (QED) is 0.243. The molecule has 0 saturated heterocycles. The molecular weight excluding hydrogens is 490 g/mol. The van der Waals surface area contributed by atoms with Crippen molar-refractivity contribution in [2.45, 2.75) is 57.9 Å². The minimum atomic E-state index is -0.962. The number of rotatable bonds is 12. The minimum Gasteiger partial charge on any atom is -0.481 e. The van der Waals surface area contributed by atoms with Crippen LogP contribution < -0.4 is 10.6 Å². The van der Waals surface area contributed by atoms with E-state index in [2.05, 4.69) is 10.6 Å². The van der Waals surface area contributed by atoms with Gasteiger partial charge in [0.05, 0.1) is 12.5 Å². The maximum atomic E-state index is 13.7. The third kappa shape index (κ3) is 8.13. The van der Waals surface area contributed by atoms with Gasteiger partial charge >= 0.3 is 5.97 Å². The summed E-state index contributed by atoms with van der Waals surface area (Å²) >= 11 is 0. The largest absolute Gasteiger partial charge is 0.481 e. The first-order valence-electron chi connectivity index (χ1n) is 13.0. The molecular formula is C29H36F2N4O3. The second kappa shape index (κ2) is 13.7. The fourth-order valence-corrected chi connectivity index (χ4v) is 4.76. The molecule has 0 bridgehead atoms. The van der Waals surface area contributed by atoms with Gasteiger partial charge in [0.15, 0.2) is 0 Å². The normalized spacial score (nSPS) is 15.0. The molecule has 4 N–H and O–H groups in total. The molecule has 2 aromatic carbocycles. The molecule has 1 aliphatic rings. The monoisotopic (exact) mass is 526 g/mol. The smallest absolute Gasteiger partial charge is 0.305 e. The van der Waals surface area contributed by atoms with Gasteiger partial charge in [-0.15, -0.1) is 0 Å². The predicted octanol–water partition coefficient (Wildman–Crippen LogP) is 6.30. The van der Waals surface area contributed by atoms with Crippen molar-refractivity contribution in [1.82, 2.24) is 4.90 Å². The van der Waals surface area contributed by atoms with Crippen LogP contribution in [-0.2, 0) is 4.79 Å². The first kappa shape index (κ1) is 28.8. The van der Waals surface area contributed by atoms with E-state index in [-0.39, 0.29) is 36.5 Å². The highest BCUT2D eigenvalue weighted by Crippen LogP contribution is 2.32.